The maximum atomic E-state index is 2.52. The van der Waals surface area contributed by atoms with Crippen molar-refractivity contribution in [2.75, 3.05) is 0 Å². The highest BCUT2D eigenvalue weighted by atomic mass is 14.5. The second-order valence-electron chi connectivity index (χ2n) is 17.4. The minimum absolute atomic E-state index is 0.502. The van der Waals surface area contributed by atoms with Crippen molar-refractivity contribution in [1.29, 1.82) is 0 Å². The van der Waals surface area contributed by atoms with Crippen LogP contribution in [0.25, 0.3) is 109 Å². The summed E-state index contributed by atoms with van der Waals surface area (Å²) in [5, 5.41) is 12.8. The van der Waals surface area contributed by atoms with Gasteiger partial charge in [0.1, 0.15) is 0 Å². The summed E-state index contributed by atoms with van der Waals surface area (Å²) in [5.74, 6) is 0. The van der Waals surface area contributed by atoms with Gasteiger partial charge in [-0.3, -0.25) is 0 Å². The Morgan fingerprint density at radius 3 is 1.37 bits per heavy atom. The lowest BCUT2D eigenvalue weighted by Gasteiger charge is -2.32. The largest absolute Gasteiger partial charge is 0.0737 e. The van der Waals surface area contributed by atoms with Crippen molar-refractivity contribution in [1.82, 2.24) is 0 Å². The number of rotatable bonds is 3. The van der Waals surface area contributed by atoms with Crippen molar-refractivity contribution in [3.8, 4) is 55.6 Å². The van der Waals surface area contributed by atoms with Gasteiger partial charge < -0.3 is 0 Å². The van der Waals surface area contributed by atoms with Gasteiger partial charge in [-0.15, -0.1) is 0 Å². The van der Waals surface area contributed by atoms with Crippen LogP contribution in [0.15, 0.2) is 231 Å². The van der Waals surface area contributed by atoms with Gasteiger partial charge in [0.05, 0.1) is 5.41 Å². The van der Waals surface area contributed by atoms with Gasteiger partial charge in [0.2, 0.25) is 0 Å². The Hall–Kier alpha value is -8.06. The van der Waals surface area contributed by atoms with Crippen LogP contribution in [0.2, 0.25) is 0 Å². The quantitative estimate of drug-likeness (QED) is 0.123. The highest BCUT2D eigenvalue weighted by Crippen LogP contribution is 2.66. The summed E-state index contributed by atoms with van der Waals surface area (Å²) in [6.07, 6.45) is 0. The van der Waals surface area contributed by atoms with E-state index >= 15 is 0 Å². The molecule has 12 aromatic rings. The first-order valence-electron chi connectivity index (χ1n) is 22.1. The predicted octanol–water partition coefficient (Wildman–Crippen LogP) is 16.8. The number of hydrogen-bond acceptors (Lipinski definition) is 0. The van der Waals surface area contributed by atoms with Crippen molar-refractivity contribution in [2.45, 2.75) is 5.41 Å². The van der Waals surface area contributed by atoms with Crippen molar-refractivity contribution < 1.29 is 0 Å². The van der Waals surface area contributed by atoms with E-state index in [-0.39, 0.29) is 0 Å². The second-order valence-corrected chi connectivity index (χ2v) is 17.4. The molecule has 0 heteroatoms. The lowest BCUT2D eigenvalue weighted by molar-refractivity contribution is 0.809. The molecule has 0 aromatic heterocycles. The van der Waals surface area contributed by atoms with Gasteiger partial charge in [-0.05, 0) is 144 Å². The maximum Gasteiger partial charge on any atom is 0.0737 e. The summed E-state index contributed by atoms with van der Waals surface area (Å²) >= 11 is 0. The third-order valence-corrected chi connectivity index (χ3v) is 14.4. The molecule has 0 heterocycles. The van der Waals surface area contributed by atoms with Crippen LogP contribution in [0.3, 0.4) is 0 Å². The Balaban J connectivity index is 1.10. The Labute approximate surface area is 366 Å². The van der Waals surface area contributed by atoms with Gasteiger partial charge >= 0.3 is 0 Å². The molecule has 0 amide bonds. The average Bonchev–Trinajstić information content (AvgIpc) is 3.84. The van der Waals surface area contributed by atoms with E-state index in [1.165, 1.54) is 132 Å². The monoisotopic (exact) mass is 794 g/mol. The molecule has 2 aliphatic rings. The fraction of sp³-hybridized carbons (Fsp3) is 0.0159. The Morgan fingerprint density at radius 1 is 0.222 bits per heavy atom. The molecule has 63 heavy (non-hydrogen) atoms. The van der Waals surface area contributed by atoms with Crippen LogP contribution < -0.4 is 0 Å². The summed E-state index contributed by atoms with van der Waals surface area (Å²) in [4.78, 5) is 0. The molecule has 0 saturated carbocycles. The van der Waals surface area contributed by atoms with Crippen molar-refractivity contribution in [2.24, 2.45) is 0 Å². The summed E-state index contributed by atoms with van der Waals surface area (Å²) in [6.45, 7) is 0. The second kappa shape index (κ2) is 13.0. The Kier molecular flexibility index (Phi) is 7.13. The molecule has 0 fully saturated rings. The number of benzene rings is 12. The topological polar surface area (TPSA) is 0 Å². The smallest absolute Gasteiger partial charge is 0.0622 e. The van der Waals surface area contributed by atoms with Crippen LogP contribution in [-0.4, -0.2) is 0 Å². The van der Waals surface area contributed by atoms with Crippen molar-refractivity contribution >= 4 is 53.9 Å². The highest BCUT2D eigenvalue weighted by molar-refractivity contribution is 6.25. The minimum atomic E-state index is -0.502. The Morgan fingerprint density at radius 2 is 0.714 bits per heavy atom. The van der Waals surface area contributed by atoms with Crippen LogP contribution in [0.5, 0.6) is 0 Å². The van der Waals surface area contributed by atoms with Crippen molar-refractivity contribution in [3.05, 3.63) is 253 Å². The first-order valence-corrected chi connectivity index (χ1v) is 22.1. The van der Waals surface area contributed by atoms with Crippen LogP contribution in [0.4, 0.5) is 0 Å². The molecule has 2 aliphatic carbocycles. The van der Waals surface area contributed by atoms with Crippen LogP contribution in [0, 0.1) is 0 Å². The van der Waals surface area contributed by atoms with Gasteiger partial charge in [0.15, 0.2) is 0 Å². The zero-order valence-electron chi connectivity index (χ0n) is 34.4. The molecule has 0 N–H and O–H groups in total. The molecule has 14 rings (SSSR count). The normalized spacial score (nSPS) is 13.2. The van der Waals surface area contributed by atoms with Crippen LogP contribution in [-0.2, 0) is 5.41 Å². The predicted molar refractivity (Wildman–Crippen MR) is 267 cm³/mol. The summed E-state index contributed by atoms with van der Waals surface area (Å²) < 4.78 is 0. The molecular formula is C63H38. The first kappa shape index (κ1) is 34.6. The minimum Gasteiger partial charge on any atom is -0.0622 e. The van der Waals surface area contributed by atoms with E-state index in [4.69, 9.17) is 0 Å². The molecule has 290 valence electrons. The van der Waals surface area contributed by atoms with E-state index in [0.717, 1.165) is 0 Å². The van der Waals surface area contributed by atoms with Gasteiger partial charge in [0.25, 0.3) is 0 Å². The van der Waals surface area contributed by atoms with Gasteiger partial charge in [-0.1, -0.05) is 218 Å². The van der Waals surface area contributed by atoms with E-state index in [1.807, 2.05) is 0 Å². The average molecular weight is 795 g/mol. The molecule has 0 radical (unpaired) electrons. The fourth-order valence-electron chi connectivity index (χ4n) is 12.0. The molecule has 0 unspecified atom stereocenters. The first-order chi connectivity index (χ1) is 31.3. The zero-order valence-corrected chi connectivity index (χ0v) is 34.4. The Bertz CT molecular complexity index is 3800. The van der Waals surface area contributed by atoms with E-state index in [2.05, 4.69) is 231 Å². The van der Waals surface area contributed by atoms with E-state index in [1.54, 1.807) is 0 Å². The van der Waals surface area contributed by atoms with E-state index < -0.39 is 5.41 Å². The third-order valence-electron chi connectivity index (χ3n) is 14.4. The number of fused-ring (bicyclic) bond motifs is 19. The standard InChI is InChI=1S/C63H38/c1-2-17-39(18-3-1)41-20-16-21-42(37-41)58-49-27-8-10-29-51(49)59(52-30-11-9-28-50(52)58)43-34-35-53-55(38-43)45-23-6-7-26-48(45)60-54-36-33-40-19-4-5-22-44(40)61(54)63(62(53)60)56-31-14-12-24-46(56)47-25-13-15-32-57(47)63/h1-38H. The van der Waals surface area contributed by atoms with Gasteiger partial charge in [-0.25, -0.2) is 0 Å². The zero-order chi connectivity index (χ0) is 41.2. The van der Waals surface area contributed by atoms with E-state index in [9.17, 15) is 0 Å². The summed E-state index contributed by atoms with van der Waals surface area (Å²) in [5.41, 5.74) is 17.8. The van der Waals surface area contributed by atoms with Gasteiger partial charge in [-0.2, -0.15) is 0 Å². The van der Waals surface area contributed by atoms with E-state index in [0.29, 0.717) is 0 Å². The third kappa shape index (κ3) is 4.60. The van der Waals surface area contributed by atoms with Gasteiger partial charge in [0, 0.05) is 0 Å². The molecule has 0 saturated heterocycles. The molecule has 0 nitrogen and oxygen atoms in total. The van der Waals surface area contributed by atoms with Crippen LogP contribution in [0.1, 0.15) is 22.3 Å². The molecule has 0 atom stereocenters. The van der Waals surface area contributed by atoms with Crippen molar-refractivity contribution in [3.63, 3.8) is 0 Å². The molecule has 0 bridgehead atoms. The maximum absolute atomic E-state index is 2.52. The highest BCUT2D eigenvalue weighted by Gasteiger charge is 2.53. The lowest BCUT2D eigenvalue weighted by Crippen LogP contribution is -2.26. The van der Waals surface area contributed by atoms with Crippen LogP contribution >= 0.6 is 0 Å². The fourth-order valence-corrected chi connectivity index (χ4v) is 12.0. The molecule has 1 spiro atoms. The SMILES string of the molecule is c1ccc(-c2cccc(-c3c4ccccc4c(-c4ccc5c6c(c7ccccc7c5c4)-c4ccc5ccccc5c4C64c5ccccc5-c5ccccc54)c4ccccc34)c2)cc1. The lowest BCUT2D eigenvalue weighted by atomic mass is 9.68. The molecule has 0 aliphatic heterocycles. The summed E-state index contributed by atoms with van der Waals surface area (Å²) in [7, 11) is 0. The number of hydrogen-bond donors (Lipinski definition) is 0. The summed E-state index contributed by atoms with van der Waals surface area (Å²) in [6, 6.07) is 86.6. The molecular weight excluding hydrogens is 757 g/mol. The molecule has 12 aromatic carbocycles.